The topological polar surface area (TPSA) is 84.7 Å². The van der Waals surface area contributed by atoms with E-state index in [1.807, 2.05) is 6.92 Å². The highest BCUT2D eigenvalue weighted by atomic mass is 16.6. The molecule has 3 aromatic rings. The smallest absolute Gasteiger partial charge is 0.271 e. The van der Waals surface area contributed by atoms with Gasteiger partial charge < -0.3 is 0 Å². The van der Waals surface area contributed by atoms with Gasteiger partial charge in [-0.25, -0.2) is 9.61 Å². The Bertz CT molecular complexity index is 758. The maximum absolute atomic E-state index is 11.8. The highest BCUT2D eigenvalue weighted by molar-refractivity contribution is 5.61. The van der Waals surface area contributed by atoms with E-state index in [1.54, 1.807) is 0 Å². The van der Waals surface area contributed by atoms with Gasteiger partial charge in [-0.1, -0.05) is 29.8 Å². The normalized spacial score (nSPS) is 11.0. The lowest BCUT2D eigenvalue weighted by Gasteiger charge is -2.01. The van der Waals surface area contributed by atoms with Gasteiger partial charge in [0, 0.05) is 0 Å². The lowest BCUT2D eigenvalue weighted by Crippen LogP contribution is -2.15. The molecular formula is C13H12N4O2. The van der Waals surface area contributed by atoms with Crippen LogP contribution >= 0.6 is 0 Å². The van der Waals surface area contributed by atoms with Crippen LogP contribution in [0.4, 0.5) is 0 Å². The molecule has 0 aliphatic heterocycles. The molecule has 6 heteroatoms. The number of aryl methyl sites for hydroxylation is 3. The molecule has 0 saturated heterocycles. The van der Waals surface area contributed by atoms with Crippen LogP contribution in [0.3, 0.4) is 0 Å². The molecule has 2 heterocycles. The number of fused-ring (bicyclic) bond motifs is 1. The molecule has 96 valence electrons. The van der Waals surface area contributed by atoms with Gasteiger partial charge in [-0.2, -0.15) is 0 Å². The van der Waals surface area contributed by atoms with Gasteiger partial charge >= 0.3 is 0 Å². The minimum absolute atomic E-state index is 0.240. The summed E-state index contributed by atoms with van der Waals surface area (Å²) in [4.78, 5) is 18.5. The lowest BCUT2D eigenvalue weighted by atomic mass is 10.1. The molecular weight excluding hydrogens is 244 g/mol. The number of nitrogens with one attached hydrogen (secondary N) is 1. The number of benzene rings is 1. The van der Waals surface area contributed by atoms with E-state index in [9.17, 15) is 4.79 Å². The molecule has 0 fully saturated rings. The van der Waals surface area contributed by atoms with Crippen molar-refractivity contribution in [2.75, 3.05) is 0 Å². The van der Waals surface area contributed by atoms with Gasteiger partial charge in [0.2, 0.25) is 11.3 Å². The molecule has 0 saturated carbocycles. The predicted molar refractivity (Wildman–Crippen MR) is 68.8 cm³/mol. The van der Waals surface area contributed by atoms with Crippen molar-refractivity contribution < 1.29 is 4.63 Å². The molecule has 0 aliphatic carbocycles. The van der Waals surface area contributed by atoms with Crippen molar-refractivity contribution in [1.82, 2.24) is 20.3 Å². The first-order valence-electron chi connectivity index (χ1n) is 5.99. The van der Waals surface area contributed by atoms with E-state index in [4.69, 9.17) is 0 Å². The molecule has 0 spiro atoms. The Hall–Kier alpha value is -2.50. The molecule has 0 bridgehead atoms. The standard InChI is InChI=1S/C13H12N4O2/c1-8-2-4-9(5-3-8)6-7-10-13(18)15-12-11(14-10)16-19-17-12/h2-5H,6-7H2,1H3,(H,15,17,18). The van der Waals surface area contributed by atoms with Crippen LogP contribution in [0, 0.1) is 6.92 Å². The van der Waals surface area contributed by atoms with Gasteiger partial charge in [0.05, 0.1) is 0 Å². The Balaban J connectivity index is 1.83. The molecule has 19 heavy (non-hydrogen) atoms. The second-order valence-electron chi connectivity index (χ2n) is 4.43. The first-order chi connectivity index (χ1) is 9.22. The fraction of sp³-hybridized carbons (Fsp3) is 0.231. The Morgan fingerprint density at radius 1 is 1.16 bits per heavy atom. The summed E-state index contributed by atoms with van der Waals surface area (Å²) in [5.74, 6) is 0. The van der Waals surface area contributed by atoms with E-state index in [0.717, 1.165) is 6.42 Å². The minimum atomic E-state index is -0.240. The third-order valence-corrected chi connectivity index (χ3v) is 2.98. The van der Waals surface area contributed by atoms with Crippen LogP contribution in [0.2, 0.25) is 0 Å². The van der Waals surface area contributed by atoms with Crippen molar-refractivity contribution >= 4 is 11.3 Å². The fourth-order valence-corrected chi connectivity index (χ4v) is 1.88. The van der Waals surface area contributed by atoms with Gasteiger partial charge in [-0.3, -0.25) is 9.78 Å². The number of aromatic amines is 1. The fourth-order valence-electron chi connectivity index (χ4n) is 1.88. The van der Waals surface area contributed by atoms with E-state index >= 15 is 0 Å². The average Bonchev–Trinajstić information content (AvgIpc) is 2.85. The highest BCUT2D eigenvalue weighted by Crippen LogP contribution is 2.07. The number of hydrogen-bond acceptors (Lipinski definition) is 5. The summed E-state index contributed by atoms with van der Waals surface area (Å²) < 4.78 is 4.52. The molecule has 2 aromatic heterocycles. The van der Waals surface area contributed by atoms with Crippen molar-refractivity contribution in [2.45, 2.75) is 19.8 Å². The van der Waals surface area contributed by atoms with Crippen molar-refractivity contribution in [3.8, 4) is 0 Å². The van der Waals surface area contributed by atoms with Gasteiger partial charge in [-0.05, 0) is 35.6 Å². The van der Waals surface area contributed by atoms with Crippen LogP contribution in [0.25, 0.3) is 11.3 Å². The monoisotopic (exact) mass is 256 g/mol. The third kappa shape index (κ3) is 2.37. The van der Waals surface area contributed by atoms with E-state index in [1.165, 1.54) is 11.1 Å². The molecule has 6 nitrogen and oxygen atoms in total. The van der Waals surface area contributed by atoms with Crippen LogP contribution in [0.15, 0.2) is 33.7 Å². The van der Waals surface area contributed by atoms with Crippen LogP contribution in [0.5, 0.6) is 0 Å². The summed E-state index contributed by atoms with van der Waals surface area (Å²) in [7, 11) is 0. The van der Waals surface area contributed by atoms with E-state index < -0.39 is 0 Å². The van der Waals surface area contributed by atoms with E-state index in [-0.39, 0.29) is 11.2 Å². The first kappa shape index (κ1) is 11.6. The van der Waals surface area contributed by atoms with Crippen LogP contribution in [-0.4, -0.2) is 20.3 Å². The summed E-state index contributed by atoms with van der Waals surface area (Å²) >= 11 is 0. The molecule has 1 aromatic carbocycles. The summed E-state index contributed by atoms with van der Waals surface area (Å²) in [5.41, 5.74) is 3.21. The Kier molecular flexibility index (Phi) is 2.83. The molecule has 0 atom stereocenters. The Labute approximate surface area is 108 Å². The number of rotatable bonds is 3. The van der Waals surface area contributed by atoms with Crippen LogP contribution < -0.4 is 5.56 Å². The van der Waals surface area contributed by atoms with Gasteiger partial charge in [0.15, 0.2) is 0 Å². The quantitative estimate of drug-likeness (QED) is 0.765. The van der Waals surface area contributed by atoms with Crippen molar-refractivity contribution in [3.63, 3.8) is 0 Å². The van der Waals surface area contributed by atoms with Crippen molar-refractivity contribution in [3.05, 3.63) is 51.4 Å². The second kappa shape index (κ2) is 4.64. The summed E-state index contributed by atoms with van der Waals surface area (Å²) in [6, 6.07) is 8.22. The number of H-pyrrole nitrogens is 1. The van der Waals surface area contributed by atoms with Crippen LogP contribution in [0.1, 0.15) is 16.8 Å². The van der Waals surface area contributed by atoms with Gasteiger partial charge in [-0.15, -0.1) is 0 Å². The molecule has 0 radical (unpaired) electrons. The molecule has 0 aliphatic rings. The van der Waals surface area contributed by atoms with Gasteiger partial charge in [0.25, 0.3) is 5.56 Å². The number of hydrogen-bond donors (Lipinski definition) is 1. The number of aromatic nitrogens is 4. The second-order valence-corrected chi connectivity index (χ2v) is 4.43. The highest BCUT2D eigenvalue weighted by Gasteiger charge is 2.08. The largest absolute Gasteiger partial charge is 0.299 e. The Morgan fingerprint density at radius 3 is 2.74 bits per heavy atom. The SMILES string of the molecule is Cc1ccc(CCc2nc3nonc3[nH]c2=O)cc1. The maximum Gasteiger partial charge on any atom is 0.271 e. The minimum Gasteiger partial charge on any atom is -0.299 e. The van der Waals surface area contributed by atoms with Crippen LogP contribution in [-0.2, 0) is 12.8 Å². The molecule has 3 rings (SSSR count). The molecule has 0 amide bonds. The lowest BCUT2D eigenvalue weighted by molar-refractivity contribution is 0.314. The Morgan fingerprint density at radius 2 is 1.95 bits per heavy atom. The average molecular weight is 256 g/mol. The van der Waals surface area contributed by atoms with Gasteiger partial charge in [0.1, 0.15) is 5.69 Å². The first-order valence-corrected chi connectivity index (χ1v) is 5.99. The molecule has 1 N–H and O–H groups in total. The van der Waals surface area contributed by atoms with Crippen molar-refractivity contribution in [1.29, 1.82) is 0 Å². The van der Waals surface area contributed by atoms with E-state index in [2.05, 4.69) is 49.2 Å². The zero-order chi connectivity index (χ0) is 13.2. The third-order valence-electron chi connectivity index (χ3n) is 2.98. The summed E-state index contributed by atoms with van der Waals surface area (Å²) in [5, 5.41) is 7.16. The predicted octanol–water partition coefficient (Wildman–Crippen LogP) is 1.40. The summed E-state index contributed by atoms with van der Waals surface area (Å²) in [6.07, 6.45) is 1.31. The summed E-state index contributed by atoms with van der Waals surface area (Å²) in [6.45, 7) is 2.04. The zero-order valence-electron chi connectivity index (χ0n) is 10.4. The zero-order valence-corrected chi connectivity index (χ0v) is 10.4. The number of nitrogens with zero attached hydrogens (tertiary/aromatic N) is 3. The molecule has 0 unspecified atom stereocenters. The van der Waals surface area contributed by atoms with E-state index in [0.29, 0.717) is 17.8 Å². The maximum atomic E-state index is 11.8. The van der Waals surface area contributed by atoms with Crippen molar-refractivity contribution in [2.24, 2.45) is 0 Å².